The molecule has 3 rings (SSSR count). The lowest BCUT2D eigenvalue weighted by atomic mass is 9.97. The molecule has 0 radical (unpaired) electrons. The zero-order chi connectivity index (χ0) is 20.3. The lowest BCUT2D eigenvalue weighted by molar-refractivity contribution is -0.146. The van der Waals surface area contributed by atoms with Crippen LogP contribution < -0.4 is 4.74 Å². The number of para-hydroxylation sites is 1. The lowest BCUT2D eigenvalue weighted by Gasteiger charge is -2.14. The average molecular weight is 393 g/mol. The summed E-state index contributed by atoms with van der Waals surface area (Å²) in [5.41, 5.74) is 0.315. The Hall–Kier alpha value is -3.03. The van der Waals surface area contributed by atoms with Crippen LogP contribution in [0.1, 0.15) is 36.3 Å². The fourth-order valence-corrected chi connectivity index (χ4v) is 2.85. The van der Waals surface area contributed by atoms with Crippen molar-refractivity contribution in [1.82, 2.24) is 4.98 Å². The second-order valence-electron chi connectivity index (χ2n) is 6.30. The SMILES string of the molecule is COc1ccccc1[C@@H](C)CC(=O)OCc1nc2cc(C(F)(F)F)ccc2o1. The Kier molecular flexibility index (Phi) is 5.58. The van der Waals surface area contributed by atoms with E-state index >= 15 is 0 Å². The number of nitrogens with zero attached hydrogens (tertiary/aromatic N) is 1. The van der Waals surface area contributed by atoms with Gasteiger partial charge in [0.15, 0.2) is 12.2 Å². The van der Waals surface area contributed by atoms with Gasteiger partial charge in [-0.1, -0.05) is 25.1 Å². The highest BCUT2D eigenvalue weighted by molar-refractivity contribution is 5.74. The standard InChI is InChI=1S/C20H18F3NO4/c1-12(14-5-3-4-6-16(14)26-2)9-19(25)27-11-18-24-15-10-13(20(21,22)23)7-8-17(15)28-18/h3-8,10,12H,9,11H2,1-2H3/t12-/m0/s1. The number of benzene rings is 2. The molecule has 1 atom stereocenters. The largest absolute Gasteiger partial charge is 0.496 e. The molecule has 0 unspecified atom stereocenters. The molecule has 0 aliphatic carbocycles. The number of methoxy groups -OCH3 is 1. The van der Waals surface area contributed by atoms with Gasteiger partial charge in [0, 0.05) is 0 Å². The molecule has 0 saturated heterocycles. The minimum atomic E-state index is -4.46. The normalized spacial score (nSPS) is 12.8. The third kappa shape index (κ3) is 4.44. The maximum atomic E-state index is 12.8. The summed E-state index contributed by atoms with van der Waals surface area (Å²) < 4.78 is 54.1. The van der Waals surface area contributed by atoms with Gasteiger partial charge in [0.25, 0.3) is 0 Å². The van der Waals surface area contributed by atoms with Crippen LogP contribution in [-0.4, -0.2) is 18.1 Å². The van der Waals surface area contributed by atoms with Gasteiger partial charge in [0.2, 0.25) is 5.89 Å². The van der Waals surface area contributed by atoms with Crippen LogP contribution in [-0.2, 0) is 22.3 Å². The number of alkyl halides is 3. The highest BCUT2D eigenvalue weighted by Gasteiger charge is 2.31. The van der Waals surface area contributed by atoms with Crippen LogP contribution in [0.4, 0.5) is 13.2 Å². The molecule has 8 heteroatoms. The minimum absolute atomic E-state index is 0.0348. The summed E-state index contributed by atoms with van der Waals surface area (Å²) in [5.74, 6) is 0.105. The van der Waals surface area contributed by atoms with Crippen LogP contribution in [0.5, 0.6) is 5.75 Å². The quantitative estimate of drug-likeness (QED) is 0.546. The maximum Gasteiger partial charge on any atom is 0.416 e. The van der Waals surface area contributed by atoms with Crippen molar-refractivity contribution in [3.05, 3.63) is 59.5 Å². The summed E-state index contributed by atoms with van der Waals surface area (Å²) in [4.78, 5) is 16.1. The predicted octanol–water partition coefficient (Wildman–Crippen LogP) is 5.09. The van der Waals surface area contributed by atoms with Gasteiger partial charge in [0.1, 0.15) is 11.3 Å². The van der Waals surface area contributed by atoms with Crippen molar-refractivity contribution in [3.8, 4) is 5.75 Å². The molecule has 0 N–H and O–H groups in total. The van der Waals surface area contributed by atoms with Crippen LogP contribution >= 0.6 is 0 Å². The molecule has 1 heterocycles. The van der Waals surface area contributed by atoms with Crippen molar-refractivity contribution in [2.75, 3.05) is 7.11 Å². The summed E-state index contributed by atoms with van der Waals surface area (Å²) >= 11 is 0. The van der Waals surface area contributed by atoms with Gasteiger partial charge in [-0.05, 0) is 35.7 Å². The van der Waals surface area contributed by atoms with Crippen LogP contribution in [0.15, 0.2) is 46.9 Å². The van der Waals surface area contributed by atoms with Crippen LogP contribution in [0.2, 0.25) is 0 Å². The number of ether oxygens (including phenoxy) is 2. The number of carbonyl (C=O) groups is 1. The van der Waals surface area contributed by atoms with Crippen molar-refractivity contribution < 1.29 is 31.9 Å². The first kappa shape index (κ1) is 19.7. The van der Waals surface area contributed by atoms with Gasteiger partial charge in [-0.25, -0.2) is 4.98 Å². The minimum Gasteiger partial charge on any atom is -0.496 e. The molecule has 0 saturated carbocycles. The number of carbonyl (C=O) groups excluding carboxylic acids is 1. The molecular formula is C20H18F3NO4. The summed E-state index contributed by atoms with van der Waals surface area (Å²) in [6.07, 6.45) is -4.35. The first-order valence-electron chi connectivity index (χ1n) is 8.53. The van der Waals surface area contributed by atoms with Crippen LogP contribution in [0.25, 0.3) is 11.1 Å². The number of hydrogen-bond acceptors (Lipinski definition) is 5. The van der Waals surface area contributed by atoms with Crippen molar-refractivity contribution in [2.24, 2.45) is 0 Å². The van der Waals surface area contributed by atoms with Crippen molar-refractivity contribution >= 4 is 17.1 Å². The molecule has 0 aliphatic rings. The van der Waals surface area contributed by atoms with E-state index in [-0.39, 0.29) is 35.9 Å². The number of halogens is 3. The molecule has 0 amide bonds. The molecule has 0 aliphatic heterocycles. The molecule has 1 aromatic heterocycles. The van der Waals surface area contributed by atoms with Gasteiger partial charge in [-0.2, -0.15) is 13.2 Å². The number of fused-ring (bicyclic) bond motifs is 1. The lowest BCUT2D eigenvalue weighted by Crippen LogP contribution is -2.09. The molecule has 28 heavy (non-hydrogen) atoms. The van der Waals surface area contributed by atoms with E-state index in [4.69, 9.17) is 13.9 Å². The van der Waals surface area contributed by atoms with E-state index in [0.717, 1.165) is 17.7 Å². The third-order valence-corrected chi connectivity index (χ3v) is 4.26. The summed E-state index contributed by atoms with van der Waals surface area (Å²) in [5, 5.41) is 0. The van der Waals surface area contributed by atoms with Crippen molar-refractivity contribution in [2.45, 2.75) is 32.0 Å². The zero-order valence-corrected chi connectivity index (χ0v) is 15.2. The van der Waals surface area contributed by atoms with E-state index in [1.165, 1.54) is 6.07 Å². The Balaban J connectivity index is 1.62. The molecule has 2 aromatic carbocycles. The van der Waals surface area contributed by atoms with Gasteiger partial charge in [-0.3, -0.25) is 4.79 Å². The molecule has 0 bridgehead atoms. The van der Waals surface area contributed by atoms with E-state index in [0.29, 0.717) is 5.75 Å². The fourth-order valence-electron chi connectivity index (χ4n) is 2.85. The topological polar surface area (TPSA) is 61.6 Å². The van der Waals surface area contributed by atoms with E-state index in [9.17, 15) is 18.0 Å². The third-order valence-electron chi connectivity index (χ3n) is 4.26. The fraction of sp³-hybridized carbons (Fsp3) is 0.300. The van der Waals surface area contributed by atoms with Crippen molar-refractivity contribution in [3.63, 3.8) is 0 Å². The van der Waals surface area contributed by atoms with E-state index in [1.54, 1.807) is 7.11 Å². The Morgan fingerprint density at radius 1 is 1.21 bits per heavy atom. The number of oxazole rings is 1. The number of hydrogen-bond donors (Lipinski definition) is 0. The first-order valence-corrected chi connectivity index (χ1v) is 8.53. The average Bonchev–Trinajstić information content (AvgIpc) is 3.07. The van der Waals surface area contributed by atoms with E-state index < -0.39 is 17.7 Å². The Morgan fingerprint density at radius 2 is 1.96 bits per heavy atom. The smallest absolute Gasteiger partial charge is 0.416 e. The molecular weight excluding hydrogens is 375 g/mol. The number of aromatic nitrogens is 1. The predicted molar refractivity (Wildman–Crippen MR) is 94.8 cm³/mol. The number of esters is 1. The monoisotopic (exact) mass is 393 g/mol. The van der Waals surface area contributed by atoms with E-state index in [2.05, 4.69) is 4.98 Å². The van der Waals surface area contributed by atoms with Crippen molar-refractivity contribution in [1.29, 1.82) is 0 Å². The Labute approximate surface area is 159 Å². The van der Waals surface area contributed by atoms with Gasteiger partial charge in [0.05, 0.1) is 19.1 Å². The van der Waals surface area contributed by atoms with Crippen LogP contribution in [0.3, 0.4) is 0 Å². The summed E-state index contributed by atoms with van der Waals surface area (Å²) in [7, 11) is 1.56. The van der Waals surface area contributed by atoms with Crippen LogP contribution in [0, 0.1) is 0 Å². The maximum absolute atomic E-state index is 12.8. The highest BCUT2D eigenvalue weighted by Crippen LogP contribution is 2.32. The van der Waals surface area contributed by atoms with E-state index in [1.807, 2.05) is 31.2 Å². The Morgan fingerprint density at radius 3 is 2.68 bits per heavy atom. The second kappa shape index (κ2) is 7.92. The summed E-state index contributed by atoms with van der Waals surface area (Å²) in [6, 6.07) is 10.4. The Bertz CT molecular complexity index is 981. The van der Waals surface area contributed by atoms with Gasteiger partial charge in [-0.15, -0.1) is 0 Å². The molecule has 3 aromatic rings. The number of rotatable bonds is 6. The van der Waals surface area contributed by atoms with Gasteiger partial charge >= 0.3 is 12.1 Å². The first-order chi connectivity index (χ1) is 13.3. The van der Waals surface area contributed by atoms with Gasteiger partial charge < -0.3 is 13.9 Å². The molecule has 0 spiro atoms. The molecule has 0 fully saturated rings. The summed E-state index contributed by atoms with van der Waals surface area (Å²) in [6.45, 7) is 1.62. The highest BCUT2D eigenvalue weighted by atomic mass is 19.4. The second-order valence-corrected chi connectivity index (χ2v) is 6.30. The zero-order valence-electron chi connectivity index (χ0n) is 15.2. The molecule has 148 valence electrons. The molecule has 5 nitrogen and oxygen atoms in total.